The van der Waals surface area contributed by atoms with Gasteiger partial charge in [0.05, 0.1) is 19.3 Å². The van der Waals surface area contributed by atoms with Gasteiger partial charge in [-0.25, -0.2) is 0 Å². The van der Waals surface area contributed by atoms with Crippen molar-refractivity contribution in [3.63, 3.8) is 0 Å². The highest BCUT2D eigenvalue weighted by Gasteiger charge is 2.16. The van der Waals surface area contributed by atoms with Gasteiger partial charge in [0.2, 0.25) is 0 Å². The molecule has 0 unspecified atom stereocenters. The maximum Gasteiger partial charge on any atom is 0.163 e. The Morgan fingerprint density at radius 1 is 1.18 bits per heavy atom. The first-order chi connectivity index (χ1) is 8.33. The third-order valence-corrected chi connectivity index (χ3v) is 2.70. The maximum atomic E-state index is 5.58. The normalized spacial score (nSPS) is 15.2. The largest absolute Gasteiger partial charge is 0.490 e. The highest BCUT2D eigenvalue weighted by atomic mass is 16.5. The topological polar surface area (TPSA) is 42.5 Å². The van der Waals surface area contributed by atoms with Crippen molar-refractivity contribution in [1.82, 2.24) is 5.32 Å². The highest BCUT2D eigenvalue weighted by Crippen LogP contribution is 2.30. The van der Waals surface area contributed by atoms with Crippen molar-refractivity contribution >= 4 is 5.69 Å². The first-order valence-electron chi connectivity index (χ1n) is 6.20. The van der Waals surface area contributed by atoms with E-state index in [1.165, 1.54) is 0 Å². The second-order valence-corrected chi connectivity index (χ2v) is 4.03. The van der Waals surface area contributed by atoms with E-state index in [-0.39, 0.29) is 0 Å². The van der Waals surface area contributed by atoms with Crippen molar-refractivity contribution in [3.8, 4) is 11.5 Å². The van der Waals surface area contributed by atoms with E-state index < -0.39 is 0 Å². The molecule has 94 valence electrons. The molecule has 0 radical (unpaired) electrons. The fraction of sp³-hybridized carbons (Fsp3) is 0.538. The van der Waals surface area contributed by atoms with E-state index in [1.807, 2.05) is 32.0 Å². The Morgan fingerprint density at radius 3 is 2.47 bits per heavy atom. The van der Waals surface area contributed by atoms with Crippen LogP contribution in [0.3, 0.4) is 0 Å². The molecule has 2 N–H and O–H groups in total. The van der Waals surface area contributed by atoms with Gasteiger partial charge in [0, 0.05) is 24.8 Å². The summed E-state index contributed by atoms with van der Waals surface area (Å²) in [6, 6.07) is 6.53. The van der Waals surface area contributed by atoms with Gasteiger partial charge in [0.1, 0.15) is 0 Å². The lowest BCUT2D eigenvalue weighted by Crippen LogP contribution is -2.51. The van der Waals surface area contributed by atoms with Crippen molar-refractivity contribution in [2.24, 2.45) is 0 Å². The summed E-state index contributed by atoms with van der Waals surface area (Å²) in [6.45, 7) is 7.30. The summed E-state index contributed by atoms with van der Waals surface area (Å²) in [6.07, 6.45) is 0. The molecule has 0 spiro atoms. The van der Waals surface area contributed by atoms with Gasteiger partial charge in [0.25, 0.3) is 0 Å². The highest BCUT2D eigenvalue weighted by molar-refractivity contribution is 5.55. The second kappa shape index (κ2) is 5.77. The van der Waals surface area contributed by atoms with E-state index in [0.29, 0.717) is 19.3 Å². The molecule has 0 atom stereocenters. The smallest absolute Gasteiger partial charge is 0.163 e. The van der Waals surface area contributed by atoms with Crippen LogP contribution in [0.4, 0.5) is 5.69 Å². The van der Waals surface area contributed by atoms with Crippen LogP contribution in [0.2, 0.25) is 0 Å². The lowest BCUT2D eigenvalue weighted by molar-refractivity contribution is 0.288. The molecule has 1 aromatic carbocycles. The molecule has 0 bridgehead atoms. The molecule has 1 aromatic rings. The molecule has 1 heterocycles. The summed E-state index contributed by atoms with van der Waals surface area (Å²) in [5.74, 6) is 1.62. The number of ether oxygens (including phenoxy) is 2. The zero-order valence-corrected chi connectivity index (χ0v) is 10.5. The lowest BCUT2D eigenvalue weighted by atomic mass is 10.1. The molecule has 1 aliphatic heterocycles. The number of hydrogen-bond donors (Lipinski definition) is 2. The summed E-state index contributed by atoms with van der Waals surface area (Å²) in [7, 11) is 0. The fourth-order valence-electron chi connectivity index (χ4n) is 1.77. The summed E-state index contributed by atoms with van der Waals surface area (Å²) in [5.41, 5.74) is 1.09. The second-order valence-electron chi connectivity index (χ2n) is 4.03. The lowest BCUT2D eigenvalue weighted by Gasteiger charge is -2.29. The Hall–Kier alpha value is -1.42. The molecule has 1 aliphatic rings. The molecule has 0 amide bonds. The standard InChI is InChI=1S/C13H20N2O2/c1-3-16-12-6-5-10(7-13(12)17-4-2)15-11-8-14-9-11/h5-7,11,14-15H,3-4,8-9H2,1-2H3. The first-order valence-corrected chi connectivity index (χ1v) is 6.20. The van der Waals surface area contributed by atoms with Crippen molar-refractivity contribution in [1.29, 1.82) is 0 Å². The van der Waals surface area contributed by atoms with E-state index in [4.69, 9.17) is 9.47 Å². The quantitative estimate of drug-likeness (QED) is 0.791. The average Bonchev–Trinajstić information content (AvgIpc) is 2.27. The van der Waals surface area contributed by atoms with Crippen LogP contribution in [0.5, 0.6) is 11.5 Å². The van der Waals surface area contributed by atoms with Crippen molar-refractivity contribution in [2.75, 3.05) is 31.6 Å². The van der Waals surface area contributed by atoms with E-state index in [1.54, 1.807) is 0 Å². The summed E-state index contributed by atoms with van der Waals surface area (Å²) < 4.78 is 11.1. The maximum absolute atomic E-state index is 5.58. The van der Waals surface area contributed by atoms with E-state index in [0.717, 1.165) is 30.3 Å². The van der Waals surface area contributed by atoms with Gasteiger partial charge in [-0.3, -0.25) is 0 Å². The van der Waals surface area contributed by atoms with Gasteiger partial charge in [-0.15, -0.1) is 0 Å². The Bertz CT molecular complexity index is 364. The molecule has 0 aromatic heterocycles. The monoisotopic (exact) mass is 236 g/mol. The molecular weight excluding hydrogens is 216 g/mol. The molecule has 1 fully saturated rings. The molecule has 4 nitrogen and oxygen atoms in total. The van der Waals surface area contributed by atoms with Crippen LogP contribution < -0.4 is 20.1 Å². The Morgan fingerprint density at radius 2 is 1.88 bits per heavy atom. The van der Waals surface area contributed by atoms with Gasteiger partial charge in [-0.05, 0) is 26.0 Å². The van der Waals surface area contributed by atoms with Crippen LogP contribution in [0.15, 0.2) is 18.2 Å². The van der Waals surface area contributed by atoms with Crippen LogP contribution in [-0.2, 0) is 0 Å². The van der Waals surface area contributed by atoms with Crippen molar-refractivity contribution < 1.29 is 9.47 Å². The van der Waals surface area contributed by atoms with Crippen LogP contribution in [-0.4, -0.2) is 32.3 Å². The van der Waals surface area contributed by atoms with Crippen molar-refractivity contribution in [2.45, 2.75) is 19.9 Å². The predicted molar refractivity (Wildman–Crippen MR) is 69.1 cm³/mol. The van der Waals surface area contributed by atoms with Crippen LogP contribution >= 0.6 is 0 Å². The number of anilines is 1. The zero-order valence-electron chi connectivity index (χ0n) is 10.5. The fourth-order valence-corrected chi connectivity index (χ4v) is 1.77. The molecule has 0 aliphatic carbocycles. The van der Waals surface area contributed by atoms with Gasteiger partial charge in [-0.2, -0.15) is 0 Å². The van der Waals surface area contributed by atoms with E-state index >= 15 is 0 Å². The SMILES string of the molecule is CCOc1ccc(NC2CNC2)cc1OCC. The molecule has 0 saturated carbocycles. The van der Waals surface area contributed by atoms with Gasteiger partial charge >= 0.3 is 0 Å². The zero-order chi connectivity index (χ0) is 12.1. The third kappa shape index (κ3) is 3.03. The van der Waals surface area contributed by atoms with Crippen LogP contribution in [0.1, 0.15) is 13.8 Å². The average molecular weight is 236 g/mol. The first kappa shape index (κ1) is 12.0. The Labute approximate surface area is 102 Å². The number of rotatable bonds is 6. The van der Waals surface area contributed by atoms with Gasteiger partial charge < -0.3 is 20.1 Å². The van der Waals surface area contributed by atoms with Crippen LogP contribution in [0, 0.1) is 0 Å². The molecule has 17 heavy (non-hydrogen) atoms. The minimum atomic E-state index is 0.530. The number of benzene rings is 1. The van der Waals surface area contributed by atoms with Gasteiger partial charge in [0.15, 0.2) is 11.5 Å². The predicted octanol–water partition coefficient (Wildman–Crippen LogP) is 1.87. The summed E-state index contributed by atoms with van der Waals surface area (Å²) in [4.78, 5) is 0. The number of hydrogen-bond acceptors (Lipinski definition) is 4. The van der Waals surface area contributed by atoms with Crippen molar-refractivity contribution in [3.05, 3.63) is 18.2 Å². The van der Waals surface area contributed by atoms with Gasteiger partial charge in [-0.1, -0.05) is 0 Å². The molecule has 2 rings (SSSR count). The van der Waals surface area contributed by atoms with Crippen LogP contribution in [0.25, 0.3) is 0 Å². The molecule has 1 saturated heterocycles. The molecular formula is C13H20N2O2. The molecule has 4 heteroatoms. The minimum absolute atomic E-state index is 0.530. The number of nitrogens with one attached hydrogen (secondary N) is 2. The summed E-state index contributed by atoms with van der Waals surface area (Å²) in [5, 5.41) is 6.68. The summed E-state index contributed by atoms with van der Waals surface area (Å²) >= 11 is 0. The van der Waals surface area contributed by atoms with E-state index in [2.05, 4.69) is 10.6 Å². The minimum Gasteiger partial charge on any atom is -0.490 e. The third-order valence-electron chi connectivity index (χ3n) is 2.70. The van der Waals surface area contributed by atoms with E-state index in [9.17, 15) is 0 Å². The Balaban J connectivity index is 2.09. The Kier molecular flexibility index (Phi) is 4.09.